The van der Waals surface area contributed by atoms with E-state index in [2.05, 4.69) is 10.3 Å². The molecule has 0 radical (unpaired) electrons. The Morgan fingerprint density at radius 1 is 1.24 bits per heavy atom. The Morgan fingerprint density at radius 2 is 2.10 bits per heavy atom. The average molecular weight is 281 g/mol. The highest BCUT2D eigenvalue weighted by atomic mass is 16.6. The van der Waals surface area contributed by atoms with E-state index in [1.54, 1.807) is 12.1 Å². The van der Waals surface area contributed by atoms with Crippen molar-refractivity contribution in [3.05, 3.63) is 69.9 Å². The molecular formula is C16H15N3O2. The molecule has 0 aliphatic carbocycles. The predicted molar refractivity (Wildman–Crippen MR) is 83.5 cm³/mol. The second-order valence-electron chi connectivity index (χ2n) is 4.99. The van der Waals surface area contributed by atoms with Crippen molar-refractivity contribution in [1.29, 1.82) is 0 Å². The molecule has 0 spiro atoms. The van der Waals surface area contributed by atoms with Crippen molar-refractivity contribution in [3.8, 4) is 0 Å². The van der Waals surface area contributed by atoms with Crippen molar-refractivity contribution >= 4 is 22.3 Å². The molecule has 3 aromatic rings. The van der Waals surface area contributed by atoms with E-state index >= 15 is 0 Å². The molecule has 1 aromatic heterocycles. The van der Waals surface area contributed by atoms with Gasteiger partial charge in [-0.1, -0.05) is 18.2 Å². The summed E-state index contributed by atoms with van der Waals surface area (Å²) in [6.45, 7) is 2.46. The number of hydrogen-bond donors (Lipinski definition) is 2. The minimum Gasteiger partial charge on any atom is -0.375 e. The molecule has 5 nitrogen and oxygen atoms in total. The topological polar surface area (TPSA) is 71.0 Å². The van der Waals surface area contributed by atoms with Gasteiger partial charge in [0.05, 0.1) is 4.92 Å². The molecule has 21 heavy (non-hydrogen) atoms. The molecule has 0 saturated heterocycles. The van der Waals surface area contributed by atoms with Crippen LogP contribution in [0.5, 0.6) is 0 Å². The summed E-state index contributed by atoms with van der Waals surface area (Å²) in [5.74, 6) is 0. The van der Waals surface area contributed by atoms with E-state index in [0.717, 1.165) is 22.0 Å². The van der Waals surface area contributed by atoms with Crippen LogP contribution >= 0.6 is 0 Å². The van der Waals surface area contributed by atoms with Gasteiger partial charge in [-0.25, -0.2) is 0 Å². The van der Waals surface area contributed by atoms with Gasteiger partial charge in [-0.3, -0.25) is 10.1 Å². The number of fused-ring (bicyclic) bond motifs is 1. The van der Waals surface area contributed by atoms with Gasteiger partial charge in [0.2, 0.25) is 0 Å². The standard InChI is InChI=1S/C16H15N3O2/c1-11-5-6-16(19(20)21)15(9-11)18-10-12-3-2-4-14-13(12)7-8-17-14/h2-9,17-18H,10H2,1H3. The molecule has 3 rings (SSSR count). The molecule has 0 aliphatic rings. The minimum absolute atomic E-state index is 0.0989. The maximum Gasteiger partial charge on any atom is 0.292 e. The average Bonchev–Trinajstić information content (AvgIpc) is 2.93. The third kappa shape index (κ3) is 2.58. The van der Waals surface area contributed by atoms with Gasteiger partial charge in [-0.15, -0.1) is 0 Å². The first kappa shape index (κ1) is 13.2. The zero-order valence-corrected chi connectivity index (χ0v) is 11.6. The van der Waals surface area contributed by atoms with Crippen molar-refractivity contribution in [1.82, 2.24) is 4.98 Å². The van der Waals surface area contributed by atoms with Crippen molar-refractivity contribution in [2.75, 3.05) is 5.32 Å². The number of rotatable bonds is 4. The van der Waals surface area contributed by atoms with Crippen LogP contribution in [0.25, 0.3) is 10.9 Å². The third-order valence-corrected chi connectivity index (χ3v) is 3.50. The van der Waals surface area contributed by atoms with E-state index in [4.69, 9.17) is 0 Å². The quantitative estimate of drug-likeness (QED) is 0.561. The number of hydrogen-bond acceptors (Lipinski definition) is 3. The van der Waals surface area contributed by atoms with E-state index in [1.165, 1.54) is 6.07 Å². The number of H-pyrrole nitrogens is 1. The van der Waals surface area contributed by atoms with Crippen LogP contribution in [-0.4, -0.2) is 9.91 Å². The van der Waals surface area contributed by atoms with Gasteiger partial charge in [-0.05, 0) is 36.2 Å². The van der Waals surface area contributed by atoms with Crippen molar-refractivity contribution in [2.45, 2.75) is 13.5 Å². The summed E-state index contributed by atoms with van der Waals surface area (Å²) in [7, 11) is 0. The van der Waals surface area contributed by atoms with Crippen molar-refractivity contribution in [2.24, 2.45) is 0 Å². The molecule has 0 unspecified atom stereocenters. The molecule has 2 aromatic carbocycles. The number of nitrogens with one attached hydrogen (secondary N) is 2. The van der Waals surface area contributed by atoms with Crippen molar-refractivity contribution in [3.63, 3.8) is 0 Å². The van der Waals surface area contributed by atoms with Crippen LogP contribution in [0, 0.1) is 17.0 Å². The molecule has 0 amide bonds. The van der Waals surface area contributed by atoms with Gasteiger partial charge in [0.25, 0.3) is 5.69 Å². The second kappa shape index (κ2) is 5.28. The van der Waals surface area contributed by atoms with Crippen LogP contribution in [-0.2, 0) is 6.54 Å². The monoisotopic (exact) mass is 281 g/mol. The van der Waals surface area contributed by atoms with E-state index < -0.39 is 0 Å². The van der Waals surface area contributed by atoms with Crippen LogP contribution < -0.4 is 5.32 Å². The minimum atomic E-state index is -0.362. The number of aromatic nitrogens is 1. The third-order valence-electron chi connectivity index (χ3n) is 3.50. The lowest BCUT2D eigenvalue weighted by atomic mass is 10.1. The van der Waals surface area contributed by atoms with E-state index in [9.17, 15) is 10.1 Å². The summed E-state index contributed by atoms with van der Waals surface area (Å²) in [6.07, 6.45) is 1.89. The molecule has 0 saturated carbocycles. The maximum absolute atomic E-state index is 11.1. The number of aryl methyl sites for hydroxylation is 1. The highest BCUT2D eigenvalue weighted by Crippen LogP contribution is 2.26. The normalized spacial score (nSPS) is 10.7. The zero-order valence-electron chi connectivity index (χ0n) is 11.6. The smallest absolute Gasteiger partial charge is 0.292 e. The van der Waals surface area contributed by atoms with Gasteiger partial charge in [0.15, 0.2) is 0 Å². The summed E-state index contributed by atoms with van der Waals surface area (Å²) in [4.78, 5) is 13.9. The fraction of sp³-hybridized carbons (Fsp3) is 0.125. The molecular weight excluding hydrogens is 266 g/mol. The highest BCUT2D eigenvalue weighted by Gasteiger charge is 2.13. The lowest BCUT2D eigenvalue weighted by Gasteiger charge is -2.09. The van der Waals surface area contributed by atoms with Crippen LogP contribution in [0.15, 0.2) is 48.7 Å². The molecule has 0 atom stereocenters. The summed E-state index contributed by atoms with van der Waals surface area (Å²) in [5.41, 5.74) is 3.80. The van der Waals surface area contributed by atoms with Gasteiger partial charge >= 0.3 is 0 Å². The molecule has 1 heterocycles. The van der Waals surface area contributed by atoms with Gasteiger partial charge in [0, 0.05) is 29.7 Å². The zero-order chi connectivity index (χ0) is 14.8. The van der Waals surface area contributed by atoms with E-state index in [0.29, 0.717) is 12.2 Å². The molecule has 2 N–H and O–H groups in total. The number of benzene rings is 2. The summed E-state index contributed by atoms with van der Waals surface area (Å²) in [6, 6.07) is 13.1. The summed E-state index contributed by atoms with van der Waals surface area (Å²) in [5, 5.41) is 15.4. The fourth-order valence-electron chi connectivity index (χ4n) is 2.45. The first-order valence-corrected chi connectivity index (χ1v) is 6.69. The lowest BCUT2D eigenvalue weighted by Crippen LogP contribution is -2.03. The van der Waals surface area contributed by atoms with Crippen LogP contribution in [0.4, 0.5) is 11.4 Å². The van der Waals surface area contributed by atoms with Crippen molar-refractivity contribution < 1.29 is 4.92 Å². The Balaban J connectivity index is 1.90. The SMILES string of the molecule is Cc1ccc([N+](=O)[O-])c(NCc2cccc3[nH]ccc23)c1. The molecule has 0 aliphatic heterocycles. The molecule has 5 heteroatoms. The molecule has 0 fully saturated rings. The molecule has 0 bridgehead atoms. The van der Waals surface area contributed by atoms with Crippen LogP contribution in [0.1, 0.15) is 11.1 Å². The fourth-order valence-corrected chi connectivity index (χ4v) is 2.45. The maximum atomic E-state index is 11.1. The number of anilines is 1. The first-order valence-electron chi connectivity index (χ1n) is 6.69. The van der Waals surface area contributed by atoms with E-state index in [-0.39, 0.29) is 10.6 Å². The number of nitro groups is 1. The largest absolute Gasteiger partial charge is 0.375 e. The Bertz CT molecular complexity index is 808. The summed E-state index contributed by atoms with van der Waals surface area (Å²) < 4.78 is 0. The molecule has 106 valence electrons. The Morgan fingerprint density at radius 3 is 2.90 bits per heavy atom. The van der Waals surface area contributed by atoms with Gasteiger partial charge in [-0.2, -0.15) is 0 Å². The Labute approximate surface area is 121 Å². The number of aromatic amines is 1. The number of nitrogens with zero attached hydrogens (tertiary/aromatic N) is 1. The highest BCUT2D eigenvalue weighted by molar-refractivity contribution is 5.83. The van der Waals surface area contributed by atoms with E-state index in [1.807, 2.05) is 37.4 Å². The number of nitro benzene ring substituents is 1. The second-order valence-corrected chi connectivity index (χ2v) is 4.99. The van der Waals surface area contributed by atoms with Crippen LogP contribution in [0.2, 0.25) is 0 Å². The van der Waals surface area contributed by atoms with Gasteiger partial charge < -0.3 is 10.3 Å². The van der Waals surface area contributed by atoms with Gasteiger partial charge in [0.1, 0.15) is 5.69 Å². The first-order chi connectivity index (χ1) is 10.1. The predicted octanol–water partition coefficient (Wildman–Crippen LogP) is 4.00. The summed E-state index contributed by atoms with van der Waals surface area (Å²) >= 11 is 0. The van der Waals surface area contributed by atoms with Crippen LogP contribution in [0.3, 0.4) is 0 Å². The lowest BCUT2D eigenvalue weighted by molar-refractivity contribution is -0.384. The Kier molecular flexibility index (Phi) is 3.31. The Hall–Kier alpha value is -2.82.